The molecule has 3 aromatic carbocycles. The number of nitrogens with one attached hydrogen (secondary N) is 1. The van der Waals surface area contributed by atoms with Gasteiger partial charge in [0.05, 0.1) is 18.9 Å². The number of likely N-dealkylation sites (tertiary alicyclic amines) is 1. The van der Waals surface area contributed by atoms with Crippen LogP contribution in [-0.2, 0) is 9.53 Å². The lowest BCUT2D eigenvalue weighted by Crippen LogP contribution is -2.37. The number of anilines is 1. The number of carbonyl (C=O) groups is 3. The summed E-state index contributed by atoms with van der Waals surface area (Å²) in [5, 5.41) is 8.99. The number of rotatable bonds is 6. The Hall–Kier alpha value is -4.46. The number of esters is 1. The third kappa shape index (κ3) is 5.70. The minimum absolute atomic E-state index is 0.0203. The van der Waals surface area contributed by atoms with Crippen LogP contribution >= 0.6 is 0 Å². The predicted octanol–water partition coefficient (Wildman–Crippen LogP) is 5.35. The molecule has 1 atom stereocenters. The maximum atomic E-state index is 13.2. The van der Waals surface area contributed by atoms with Crippen LogP contribution in [0.5, 0.6) is 0 Å². The summed E-state index contributed by atoms with van der Waals surface area (Å²) in [5.41, 5.74) is 4.11. The van der Waals surface area contributed by atoms with E-state index < -0.39 is 6.04 Å². The number of amides is 2. The van der Waals surface area contributed by atoms with Gasteiger partial charge in [0.2, 0.25) is 5.91 Å². The summed E-state index contributed by atoms with van der Waals surface area (Å²) in [6, 6.07) is 18.5. The van der Waals surface area contributed by atoms with Gasteiger partial charge in [-0.1, -0.05) is 24.3 Å². The van der Waals surface area contributed by atoms with Crippen LogP contribution < -0.4 is 5.32 Å². The Labute approximate surface area is 227 Å². The lowest BCUT2D eigenvalue weighted by atomic mass is 9.89. The van der Waals surface area contributed by atoms with Gasteiger partial charge < -0.3 is 15.0 Å². The van der Waals surface area contributed by atoms with Crippen molar-refractivity contribution in [3.05, 3.63) is 95.3 Å². The molecule has 200 valence electrons. The molecule has 1 N–H and O–H groups in total. The zero-order valence-electron chi connectivity index (χ0n) is 22.4. The Morgan fingerprint density at radius 3 is 2.21 bits per heavy atom. The lowest BCUT2D eigenvalue weighted by molar-refractivity contribution is -0.119. The van der Waals surface area contributed by atoms with E-state index in [9.17, 15) is 14.4 Å². The number of ether oxygens (including phenoxy) is 1. The van der Waals surface area contributed by atoms with Gasteiger partial charge in [-0.25, -0.2) is 4.79 Å². The molecule has 1 aliphatic heterocycles. The second-order valence-corrected chi connectivity index (χ2v) is 10.1. The summed E-state index contributed by atoms with van der Waals surface area (Å²) in [7, 11) is 1.36. The van der Waals surface area contributed by atoms with Gasteiger partial charge in [0, 0.05) is 30.5 Å². The molecule has 1 saturated heterocycles. The van der Waals surface area contributed by atoms with Crippen LogP contribution in [0, 0.1) is 6.92 Å². The fourth-order valence-corrected chi connectivity index (χ4v) is 5.07. The smallest absolute Gasteiger partial charge is 0.337 e. The van der Waals surface area contributed by atoms with Crippen molar-refractivity contribution < 1.29 is 19.1 Å². The van der Waals surface area contributed by atoms with Gasteiger partial charge in [-0.05, 0) is 90.9 Å². The van der Waals surface area contributed by atoms with Crippen molar-refractivity contribution >= 4 is 34.2 Å². The number of hydrogen-bond donors (Lipinski definition) is 1. The maximum Gasteiger partial charge on any atom is 0.337 e. The third-order valence-corrected chi connectivity index (χ3v) is 7.45. The van der Waals surface area contributed by atoms with Crippen molar-refractivity contribution in [2.45, 2.75) is 38.6 Å². The van der Waals surface area contributed by atoms with E-state index in [0.717, 1.165) is 34.9 Å². The monoisotopic (exact) mass is 524 g/mol. The highest BCUT2D eigenvalue weighted by Crippen LogP contribution is 2.30. The third-order valence-electron chi connectivity index (χ3n) is 7.45. The average Bonchev–Trinajstić information content (AvgIpc) is 3.42. The molecule has 2 amide bonds. The Morgan fingerprint density at radius 2 is 1.59 bits per heavy atom. The van der Waals surface area contributed by atoms with Gasteiger partial charge >= 0.3 is 5.97 Å². The molecule has 1 fully saturated rings. The van der Waals surface area contributed by atoms with Gasteiger partial charge in [-0.2, -0.15) is 5.10 Å². The molecule has 0 radical (unpaired) electrons. The van der Waals surface area contributed by atoms with E-state index in [1.165, 1.54) is 12.7 Å². The summed E-state index contributed by atoms with van der Waals surface area (Å²) in [5.74, 6) is -0.116. The van der Waals surface area contributed by atoms with Gasteiger partial charge in [-0.15, -0.1) is 0 Å². The van der Waals surface area contributed by atoms with Gasteiger partial charge in [0.15, 0.2) is 0 Å². The Bertz CT molecular complexity index is 1520. The Balaban J connectivity index is 1.17. The van der Waals surface area contributed by atoms with Crippen molar-refractivity contribution in [1.82, 2.24) is 14.7 Å². The number of carbonyl (C=O) groups excluding carboxylic acids is 3. The summed E-state index contributed by atoms with van der Waals surface area (Å²) < 4.78 is 6.45. The molecular formula is C31H32N4O4. The summed E-state index contributed by atoms with van der Waals surface area (Å²) >= 11 is 0. The summed E-state index contributed by atoms with van der Waals surface area (Å²) in [6.45, 7) is 5.13. The standard InChI is InChI=1S/C31H32N4O4/c1-20-18-32-35(19-20)21(2)29(36)33-28-10-8-22(9-11-28)23-12-14-34(15-13-23)30(37)26-6-4-25-17-27(31(38)39-3)7-5-24(25)16-26/h4-11,16-19,21,23H,12-15H2,1-3H3,(H,33,36). The van der Waals surface area contributed by atoms with Crippen LogP contribution in [0.4, 0.5) is 5.69 Å². The highest BCUT2D eigenvalue weighted by molar-refractivity contribution is 6.00. The van der Waals surface area contributed by atoms with Crippen LogP contribution in [0.15, 0.2) is 73.1 Å². The fraction of sp³-hybridized carbons (Fsp3) is 0.290. The summed E-state index contributed by atoms with van der Waals surface area (Å²) in [6.07, 6.45) is 5.35. The maximum absolute atomic E-state index is 13.2. The van der Waals surface area contributed by atoms with Crippen LogP contribution in [0.3, 0.4) is 0 Å². The van der Waals surface area contributed by atoms with E-state index in [2.05, 4.69) is 22.5 Å². The SMILES string of the molecule is COC(=O)c1ccc2cc(C(=O)N3CCC(c4ccc(NC(=O)C(C)n5cc(C)cn5)cc4)CC3)ccc2c1. The van der Waals surface area contributed by atoms with E-state index in [1.54, 1.807) is 23.0 Å². The van der Waals surface area contributed by atoms with E-state index >= 15 is 0 Å². The predicted molar refractivity (Wildman–Crippen MR) is 150 cm³/mol. The second-order valence-electron chi connectivity index (χ2n) is 10.1. The number of fused-ring (bicyclic) bond motifs is 1. The van der Waals surface area contributed by atoms with E-state index in [1.807, 2.05) is 61.3 Å². The van der Waals surface area contributed by atoms with Gasteiger partial charge in [0.25, 0.3) is 5.91 Å². The van der Waals surface area contributed by atoms with E-state index in [0.29, 0.717) is 30.1 Å². The summed E-state index contributed by atoms with van der Waals surface area (Å²) in [4.78, 5) is 39.6. The van der Waals surface area contributed by atoms with Crippen molar-refractivity contribution in [2.24, 2.45) is 0 Å². The van der Waals surface area contributed by atoms with Crippen LogP contribution in [0.2, 0.25) is 0 Å². The molecule has 2 heterocycles. The molecule has 5 rings (SSSR count). The lowest BCUT2D eigenvalue weighted by Gasteiger charge is -2.32. The Kier molecular flexibility index (Phi) is 7.45. The molecular weight excluding hydrogens is 492 g/mol. The van der Waals surface area contributed by atoms with Gasteiger partial charge in [0.1, 0.15) is 6.04 Å². The topological polar surface area (TPSA) is 93.5 Å². The molecule has 0 spiro atoms. The number of piperidine rings is 1. The van der Waals surface area contributed by atoms with E-state index in [-0.39, 0.29) is 17.8 Å². The largest absolute Gasteiger partial charge is 0.465 e. The van der Waals surface area contributed by atoms with Crippen LogP contribution in [-0.4, -0.2) is 52.7 Å². The number of nitrogens with zero attached hydrogens (tertiary/aromatic N) is 3. The number of methoxy groups -OCH3 is 1. The first-order valence-corrected chi connectivity index (χ1v) is 13.2. The highest BCUT2D eigenvalue weighted by atomic mass is 16.5. The number of aryl methyl sites for hydroxylation is 1. The molecule has 8 nitrogen and oxygen atoms in total. The van der Waals surface area contributed by atoms with Crippen molar-refractivity contribution in [1.29, 1.82) is 0 Å². The van der Waals surface area contributed by atoms with Crippen molar-refractivity contribution in [3.63, 3.8) is 0 Å². The van der Waals surface area contributed by atoms with Crippen LogP contribution in [0.25, 0.3) is 10.8 Å². The number of benzene rings is 3. The first-order chi connectivity index (χ1) is 18.8. The first-order valence-electron chi connectivity index (χ1n) is 13.2. The number of aromatic nitrogens is 2. The molecule has 4 aromatic rings. The average molecular weight is 525 g/mol. The quantitative estimate of drug-likeness (QED) is 0.343. The molecule has 8 heteroatoms. The molecule has 39 heavy (non-hydrogen) atoms. The zero-order chi connectivity index (χ0) is 27.5. The minimum atomic E-state index is -0.403. The van der Waals surface area contributed by atoms with E-state index in [4.69, 9.17) is 4.74 Å². The van der Waals surface area contributed by atoms with Crippen molar-refractivity contribution in [2.75, 3.05) is 25.5 Å². The molecule has 1 unspecified atom stereocenters. The molecule has 0 saturated carbocycles. The van der Waals surface area contributed by atoms with Crippen molar-refractivity contribution in [3.8, 4) is 0 Å². The Morgan fingerprint density at radius 1 is 0.949 bits per heavy atom. The normalized spacial score (nSPS) is 14.7. The number of hydrogen-bond acceptors (Lipinski definition) is 5. The molecule has 0 bridgehead atoms. The molecule has 1 aliphatic rings. The zero-order valence-corrected chi connectivity index (χ0v) is 22.4. The van der Waals surface area contributed by atoms with Crippen LogP contribution in [0.1, 0.15) is 63.6 Å². The molecule has 1 aromatic heterocycles. The minimum Gasteiger partial charge on any atom is -0.465 e. The first kappa shape index (κ1) is 26.2. The van der Waals surface area contributed by atoms with Gasteiger partial charge in [-0.3, -0.25) is 14.3 Å². The highest BCUT2D eigenvalue weighted by Gasteiger charge is 2.25. The fourth-order valence-electron chi connectivity index (χ4n) is 5.07. The molecule has 0 aliphatic carbocycles. The second kappa shape index (κ2) is 11.1.